The number of hydrogen-bond acceptors (Lipinski definition) is 2. The summed E-state index contributed by atoms with van der Waals surface area (Å²) in [4.78, 5) is 11.5. The Kier molecular flexibility index (Phi) is 9.16. The van der Waals surface area contributed by atoms with Gasteiger partial charge in [0.2, 0.25) is 0 Å². The Hall–Kier alpha value is -0.370. The molecule has 0 aromatic carbocycles. The third-order valence-corrected chi connectivity index (χ3v) is 1.94. The van der Waals surface area contributed by atoms with Crippen molar-refractivity contribution in [3.8, 4) is 0 Å². The predicted molar refractivity (Wildman–Crippen MR) is 63.3 cm³/mol. The van der Waals surface area contributed by atoms with Crippen LogP contribution in [0.25, 0.3) is 0 Å². The van der Waals surface area contributed by atoms with Crippen LogP contribution in [0.5, 0.6) is 0 Å². The highest BCUT2D eigenvalue weighted by atomic mass is 16.1. The molecule has 2 nitrogen and oxygen atoms in total. The number of Topliss-reactive ketones (excluding diaryl/α,β-unsaturated/α-hetero) is 1. The second-order valence-electron chi connectivity index (χ2n) is 4.36. The van der Waals surface area contributed by atoms with E-state index in [-0.39, 0.29) is 17.2 Å². The van der Waals surface area contributed by atoms with E-state index in [9.17, 15) is 4.79 Å². The van der Waals surface area contributed by atoms with Crippen molar-refractivity contribution in [2.24, 2.45) is 11.1 Å². The number of hydrogen-bond donors (Lipinski definition) is 1. The van der Waals surface area contributed by atoms with Crippen molar-refractivity contribution >= 4 is 5.78 Å². The molecule has 0 saturated carbocycles. The molecule has 1 atom stereocenters. The van der Waals surface area contributed by atoms with Crippen molar-refractivity contribution in [3.63, 3.8) is 0 Å². The first-order valence-corrected chi connectivity index (χ1v) is 5.69. The average Bonchev–Trinajstić information content (AvgIpc) is 2.14. The van der Waals surface area contributed by atoms with E-state index in [1.54, 1.807) is 0 Å². The van der Waals surface area contributed by atoms with Crippen molar-refractivity contribution in [1.29, 1.82) is 0 Å². The summed E-state index contributed by atoms with van der Waals surface area (Å²) in [7, 11) is 0. The molecule has 0 aliphatic heterocycles. The Morgan fingerprint density at radius 1 is 1.29 bits per heavy atom. The minimum absolute atomic E-state index is 0.177. The van der Waals surface area contributed by atoms with E-state index in [0.717, 1.165) is 19.3 Å². The lowest BCUT2D eigenvalue weighted by Gasteiger charge is -2.21. The predicted octanol–water partition coefficient (Wildman–Crippen LogP) is 3.15. The van der Waals surface area contributed by atoms with E-state index < -0.39 is 0 Å². The highest BCUT2D eigenvalue weighted by molar-refractivity contribution is 5.88. The van der Waals surface area contributed by atoms with Crippen LogP contribution in [0.2, 0.25) is 0 Å². The molecule has 14 heavy (non-hydrogen) atoms. The van der Waals surface area contributed by atoms with E-state index in [1.165, 1.54) is 0 Å². The van der Waals surface area contributed by atoms with Crippen LogP contribution < -0.4 is 5.73 Å². The maximum Gasteiger partial charge on any atom is 0.154 e. The van der Waals surface area contributed by atoms with Gasteiger partial charge < -0.3 is 5.73 Å². The van der Waals surface area contributed by atoms with E-state index >= 15 is 0 Å². The fourth-order valence-corrected chi connectivity index (χ4v) is 1.11. The SMILES string of the molecule is CC.CCCCC(N)C(=O)C(C)(C)C. The largest absolute Gasteiger partial charge is 0.321 e. The molecule has 1 unspecified atom stereocenters. The summed E-state index contributed by atoms with van der Waals surface area (Å²) in [6.45, 7) is 11.9. The van der Waals surface area contributed by atoms with Crippen LogP contribution in [0.4, 0.5) is 0 Å². The highest BCUT2D eigenvalue weighted by Crippen LogP contribution is 2.17. The summed E-state index contributed by atoms with van der Waals surface area (Å²) in [5.74, 6) is 0.177. The lowest BCUT2D eigenvalue weighted by molar-refractivity contribution is -0.127. The maximum absolute atomic E-state index is 11.5. The van der Waals surface area contributed by atoms with Gasteiger partial charge in [-0.2, -0.15) is 0 Å². The normalized spacial score (nSPS) is 12.8. The van der Waals surface area contributed by atoms with E-state index in [1.807, 2.05) is 34.6 Å². The summed E-state index contributed by atoms with van der Waals surface area (Å²) in [6.07, 6.45) is 2.97. The van der Waals surface area contributed by atoms with Crippen LogP contribution in [0.1, 0.15) is 60.8 Å². The van der Waals surface area contributed by atoms with Crippen molar-refractivity contribution < 1.29 is 4.79 Å². The van der Waals surface area contributed by atoms with Gasteiger partial charge in [0, 0.05) is 5.41 Å². The van der Waals surface area contributed by atoms with Crippen LogP contribution in [-0.2, 0) is 4.79 Å². The van der Waals surface area contributed by atoms with Gasteiger partial charge in [0.05, 0.1) is 6.04 Å². The molecule has 0 aromatic rings. The van der Waals surface area contributed by atoms with Crippen LogP contribution >= 0.6 is 0 Å². The van der Waals surface area contributed by atoms with Gasteiger partial charge in [-0.15, -0.1) is 0 Å². The Balaban J connectivity index is 0. The summed E-state index contributed by atoms with van der Waals surface area (Å²) < 4.78 is 0. The molecule has 0 rings (SSSR count). The number of unbranched alkanes of at least 4 members (excludes halogenated alkanes) is 1. The molecule has 0 radical (unpaired) electrons. The molecule has 2 heteroatoms. The van der Waals surface area contributed by atoms with Gasteiger partial charge in [0.1, 0.15) is 0 Å². The molecule has 0 heterocycles. The maximum atomic E-state index is 11.5. The minimum Gasteiger partial charge on any atom is -0.321 e. The van der Waals surface area contributed by atoms with Crippen LogP contribution in [0.3, 0.4) is 0 Å². The lowest BCUT2D eigenvalue weighted by Crippen LogP contribution is -2.38. The average molecular weight is 201 g/mol. The van der Waals surface area contributed by atoms with Crippen molar-refractivity contribution in [2.45, 2.75) is 66.8 Å². The third-order valence-electron chi connectivity index (χ3n) is 1.94. The Morgan fingerprint density at radius 2 is 1.71 bits per heavy atom. The fraction of sp³-hybridized carbons (Fsp3) is 0.917. The molecule has 0 aliphatic carbocycles. The van der Waals surface area contributed by atoms with Crippen molar-refractivity contribution in [3.05, 3.63) is 0 Å². The second-order valence-corrected chi connectivity index (χ2v) is 4.36. The zero-order valence-corrected chi connectivity index (χ0v) is 10.7. The molecule has 0 aliphatic rings. The second kappa shape index (κ2) is 7.98. The van der Waals surface area contributed by atoms with Crippen LogP contribution in [0, 0.1) is 5.41 Å². The zero-order chi connectivity index (χ0) is 11.8. The van der Waals surface area contributed by atoms with Gasteiger partial charge >= 0.3 is 0 Å². The van der Waals surface area contributed by atoms with Crippen LogP contribution in [0.15, 0.2) is 0 Å². The summed E-state index contributed by atoms with van der Waals surface area (Å²) >= 11 is 0. The van der Waals surface area contributed by atoms with Gasteiger partial charge in [-0.3, -0.25) is 4.79 Å². The molecule has 86 valence electrons. The van der Waals surface area contributed by atoms with Gasteiger partial charge in [0.25, 0.3) is 0 Å². The topological polar surface area (TPSA) is 43.1 Å². The Morgan fingerprint density at radius 3 is 2.00 bits per heavy atom. The quantitative estimate of drug-likeness (QED) is 0.759. The molecule has 0 fully saturated rings. The molecule has 2 N–H and O–H groups in total. The first-order valence-electron chi connectivity index (χ1n) is 5.69. The minimum atomic E-state index is -0.285. The smallest absolute Gasteiger partial charge is 0.154 e. The molecule has 0 saturated heterocycles. The number of nitrogens with two attached hydrogens (primary N) is 1. The van der Waals surface area contributed by atoms with Gasteiger partial charge in [-0.25, -0.2) is 0 Å². The van der Waals surface area contributed by atoms with E-state index in [4.69, 9.17) is 5.73 Å². The fourth-order valence-electron chi connectivity index (χ4n) is 1.11. The molecular weight excluding hydrogens is 174 g/mol. The van der Waals surface area contributed by atoms with E-state index in [2.05, 4.69) is 6.92 Å². The van der Waals surface area contributed by atoms with E-state index in [0.29, 0.717) is 0 Å². The molecular formula is C12H27NO. The summed E-state index contributed by atoms with van der Waals surface area (Å²) in [5.41, 5.74) is 5.46. The molecule has 0 aromatic heterocycles. The lowest BCUT2D eigenvalue weighted by atomic mass is 9.85. The van der Waals surface area contributed by atoms with Gasteiger partial charge in [-0.05, 0) is 6.42 Å². The highest BCUT2D eigenvalue weighted by Gasteiger charge is 2.26. The summed E-state index contributed by atoms with van der Waals surface area (Å²) in [6, 6.07) is -0.259. The molecule has 0 spiro atoms. The van der Waals surface area contributed by atoms with Crippen LogP contribution in [-0.4, -0.2) is 11.8 Å². The van der Waals surface area contributed by atoms with Gasteiger partial charge in [0.15, 0.2) is 5.78 Å². The molecule has 0 amide bonds. The van der Waals surface area contributed by atoms with Gasteiger partial charge in [-0.1, -0.05) is 54.4 Å². The monoisotopic (exact) mass is 201 g/mol. The third kappa shape index (κ3) is 7.07. The summed E-state index contributed by atoms with van der Waals surface area (Å²) in [5, 5.41) is 0. The first kappa shape index (κ1) is 16.1. The number of carbonyl (C=O) groups excluding carboxylic acids is 1. The Bertz CT molecular complexity index is 147. The number of carbonyl (C=O) groups is 1. The van der Waals surface area contributed by atoms with Crippen molar-refractivity contribution in [1.82, 2.24) is 0 Å². The zero-order valence-electron chi connectivity index (χ0n) is 10.7. The number of rotatable bonds is 4. The first-order chi connectivity index (χ1) is 6.39. The molecule has 0 bridgehead atoms. The van der Waals surface area contributed by atoms with Crippen molar-refractivity contribution in [2.75, 3.05) is 0 Å². The Labute approximate surface area is 89.3 Å². The number of ketones is 1. The standard InChI is InChI=1S/C10H21NO.C2H6/c1-5-6-7-8(11)9(12)10(2,3)4;1-2/h8H,5-7,11H2,1-4H3;1-2H3.